The minimum atomic E-state index is -4.51. The van der Waals surface area contributed by atoms with Gasteiger partial charge in [0.2, 0.25) is 5.88 Å². The van der Waals surface area contributed by atoms with E-state index in [-0.39, 0.29) is 61.4 Å². The molecule has 2 aliphatic rings. The third-order valence-electron chi connectivity index (χ3n) is 5.36. The van der Waals surface area contributed by atoms with Crippen LogP contribution in [0.1, 0.15) is 22.3 Å². The van der Waals surface area contributed by atoms with E-state index >= 15 is 0 Å². The Morgan fingerprint density at radius 2 is 1.91 bits per heavy atom. The number of carbonyl (C=O) groups is 2. The maximum absolute atomic E-state index is 13.2. The molecule has 1 aromatic carbocycles. The van der Waals surface area contributed by atoms with Gasteiger partial charge in [-0.05, 0) is 30.3 Å². The summed E-state index contributed by atoms with van der Waals surface area (Å²) in [7, 11) is -1.88. The van der Waals surface area contributed by atoms with Crippen molar-refractivity contribution >= 4 is 28.5 Å². The number of fused-ring (bicyclic) bond motifs is 1. The molecule has 2 unspecified atom stereocenters. The molecule has 2 aromatic rings. The average molecular weight is 499 g/mol. The molecule has 0 radical (unpaired) electrons. The van der Waals surface area contributed by atoms with Crippen LogP contribution < -0.4 is 9.04 Å². The Balaban J connectivity index is 1.60. The Labute approximate surface area is 194 Å². The number of aliphatic carboxylic acids is 1. The fraction of sp³-hybridized carbons (Fsp3) is 0.381. The van der Waals surface area contributed by atoms with Crippen LogP contribution in [0.4, 0.5) is 18.9 Å². The average Bonchev–Trinajstić information content (AvgIpc) is 2.82. The van der Waals surface area contributed by atoms with Gasteiger partial charge in [-0.3, -0.25) is 13.9 Å². The number of ether oxygens (including phenoxy) is 2. The highest BCUT2D eigenvalue weighted by atomic mass is 32.2. The number of aromatic nitrogens is 1. The summed E-state index contributed by atoms with van der Waals surface area (Å²) in [4.78, 5) is 30.0. The zero-order chi connectivity index (χ0) is 24.5. The van der Waals surface area contributed by atoms with E-state index in [0.29, 0.717) is 0 Å². The first-order valence-electron chi connectivity index (χ1n) is 10.2. The first-order valence-corrected chi connectivity index (χ1v) is 11.4. The SMILES string of the molecule is O=C(O)CC1COCCN1C(=O)c1cnc2c(c1)N(S(=O)c1ccc(C(F)(F)F)cc1)CCO2. The summed E-state index contributed by atoms with van der Waals surface area (Å²) in [6.45, 7) is 0.839. The molecule has 0 spiro atoms. The number of alkyl halides is 3. The molecular formula is C21H20F3N3O6S. The van der Waals surface area contributed by atoms with Crippen LogP contribution in [0.15, 0.2) is 41.4 Å². The van der Waals surface area contributed by atoms with E-state index in [9.17, 15) is 27.0 Å². The van der Waals surface area contributed by atoms with Crippen molar-refractivity contribution in [3.05, 3.63) is 47.7 Å². The van der Waals surface area contributed by atoms with Gasteiger partial charge in [0, 0.05) is 12.7 Å². The molecule has 182 valence electrons. The van der Waals surface area contributed by atoms with Crippen molar-refractivity contribution in [3.63, 3.8) is 0 Å². The summed E-state index contributed by atoms with van der Waals surface area (Å²) in [5.74, 6) is -1.40. The molecule has 1 amide bonds. The predicted octanol–water partition coefficient (Wildman–Crippen LogP) is 2.34. The van der Waals surface area contributed by atoms with E-state index in [4.69, 9.17) is 14.6 Å². The van der Waals surface area contributed by atoms with Gasteiger partial charge in [0.1, 0.15) is 12.3 Å². The number of morpholine rings is 1. The predicted molar refractivity (Wildman–Crippen MR) is 113 cm³/mol. The van der Waals surface area contributed by atoms with E-state index in [1.807, 2.05) is 0 Å². The van der Waals surface area contributed by atoms with Gasteiger partial charge in [0.05, 0.1) is 48.2 Å². The van der Waals surface area contributed by atoms with Crippen LogP contribution in [0, 0.1) is 0 Å². The van der Waals surface area contributed by atoms with Crippen LogP contribution in [-0.2, 0) is 26.7 Å². The quantitative estimate of drug-likeness (QED) is 0.673. The topological polar surface area (TPSA) is 109 Å². The van der Waals surface area contributed by atoms with E-state index in [1.165, 1.54) is 21.5 Å². The lowest BCUT2D eigenvalue weighted by Crippen LogP contribution is -2.49. The van der Waals surface area contributed by atoms with Crippen molar-refractivity contribution in [2.24, 2.45) is 0 Å². The molecule has 4 rings (SSSR count). The van der Waals surface area contributed by atoms with E-state index < -0.39 is 40.6 Å². The number of halogens is 3. The third kappa shape index (κ3) is 4.99. The fourth-order valence-electron chi connectivity index (χ4n) is 3.71. The summed E-state index contributed by atoms with van der Waals surface area (Å²) in [6.07, 6.45) is -3.50. The zero-order valence-corrected chi connectivity index (χ0v) is 18.5. The van der Waals surface area contributed by atoms with Crippen molar-refractivity contribution in [1.29, 1.82) is 0 Å². The van der Waals surface area contributed by atoms with Gasteiger partial charge in [0.15, 0.2) is 11.0 Å². The Kier molecular flexibility index (Phi) is 6.75. The molecule has 2 atom stereocenters. The summed E-state index contributed by atoms with van der Waals surface area (Å²) in [6, 6.07) is 4.78. The number of rotatable bonds is 5. The highest BCUT2D eigenvalue weighted by Gasteiger charge is 2.33. The van der Waals surface area contributed by atoms with E-state index in [2.05, 4.69) is 4.98 Å². The van der Waals surface area contributed by atoms with Crippen molar-refractivity contribution < 1.29 is 41.5 Å². The molecule has 3 heterocycles. The highest BCUT2D eigenvalue weighted by Crippen LogP contribution is 2.34. The lowest BCUT2D eigenvalue weighted by molar-refractivity contribution is -0.139. The summed E-state index contributed by atoms with van der Waals surface area (Å²) >= 11 is 0. The minimum Gasteiger partial charge on any atom is -0.481 e. The van der Waals surface area contributed by atoms with Crippen LogP contribution >= 0.6 is 0 Å². The molecule has 0 aliphatic carbocycles. The molecule has 1 fully saturated rings. The Morgan fingerprint density at radius 3 is 2.59 bits per heavy atom. The second kappa shape index (κ2) is 9.58. The molecule has 0 saturated carbocycles. The number of benzene rings is 1. The maximum Gasteiger partial charge on any atom is 0.416 e. The standard InChI is InChI=1S/C21H20F3N3O6S/c22-21(23,24)14-1-3-16(4-2-14)34(31)27-6-8-33-19-17(27)9-13(11-25-19)20(30)26-5-7-32-12-15(26)10-18(28)29/h1-4,9,11,15H,5-8,10,12H2,(H,28,29). The van der Waals surface area contributed by atoms with Crippen molar-refractivity contribution in [1.82, 2.24) is 9.88 Å². The van der Waals surface area contributed by atoms with Gasteiger partial charge in [0.25, 0.3) is 5.91 Å². The number of carboxylic acid groups (broad SMARTS) is 1. The molecule has 1 N–H and O–H groups in total. The smallest absolute Gasteiger partial charge is 0.416 e. The Bertz CT molecular complexity index is 1110. The van der Waals surface area contributed by atoms with Crippen LogP contribution in [0.2, 0.25) is 0 Å². The van der Waals surface area contributed by atoms with Gasteiger partial charge in [-0.2, -0.15) is 13.2 Å². The number of hydrogen-bond acceptors (Lipinski definition) is 6. The molecule has 0 bridgehead atoms. The molecule has 1 aromatic heterocycles. The first kappa shape index (κ1) is 24.0. The van der Waals surface area contributed by atoms with Crippen molar-refractivity contribution in [2.45, 2.75) is 23.5 Å². The van der Waals surface area contributed by atoms with Crippen LogP contribution in [0.5, 0.6) is 5.88 Å². The first-order chi connectivity index (χ1) is 16.1. The number of carbonyl (C=O) groups excluding carboxylic acids is 1. The number of hydrogen-bond donors (Lipinski definition) is 1. The summed E-state index contributed by atoms with van der Waals surface area (Å²) in [5, 5.41) is 9.13. The van der Waals surface area contributed by atoms with Gasteiger partial charge in [-0.25, -0.2) is 9.19 Å². The summed E-state index contributed by atoms with van der Waals surface area (Å²) < 4.78 is 63.9. The highest BCUT2D eigenvalue weighted by molar-refractivity contribution is 7.86. The van der Waals surface area contributed by atoms with E-state index in [1.54, 1.807) is 0 Å². The van der Waals surface area contributed by atoms with Crippen LogP contribution in [-0.4, -0.2) is 70.0 Å². The monoisotopic (exact) mass is 499 g/mol. The molecule has 13 heteroatoms. The number of pyridine rings is 1. The van der Waals surface area contributed by atoms with E-state index in [0.717, 1.165) is 24.3 Å². The molecule has 9 nitrogen and oxygen atoms in total. The number of amides is 1. The minimum absolute atomic E-state index is 0.0869. The normalized spacial score (nSPS) is 19.2. The van der Waals surface area contributed by atoms with Gasteiger partial charge in [-0.15, -0.1) is 0 Å². The number of nitrogens with zero attached hydrogens (tertiary/aromatic N) is 3. The van der Waals surface area contributed by atoms with Gasteiger partial charge in [-0.1, -0.05) is 0 Å². The Hall–Kier alpha value is -3.19. The van der Waals surface area contributed by atoms with Gasteiger partial charge >= 0.3 is 12.1 Å². The van der Waals surface area contributed by atoms with Crippen LogP contribution in [0.25, 0.3) is 0 Å². The molecule has 34 heavy (non-hydrogen) atoms. The lowest BCUT2D eigenvalue weighted by Gasteiger charge is -2.35. The van der Waals surface area contributed by atoms with Crippen molar-refractivity contribution in [2.75, 3.05) is 37.2 Å². The number of anilines is 1. The molecule has 1 saturated heterocycles. The molecular weight excluding hydrogens is 479 g/mol. The second-order valence-corrected chi connectivity index (χ2v) is 9.01. The lowest BCUT2D eigenvalue weighted by atomic mass is 10.1. The second-order valence-electron chi connectivity index (χ2n) is 7.60. The maximum atomic E-state index is 13.2. The van der Waals surface area contributed by atoms with Crippen molar-refractivity contribution in [3.8, 4) is 5.88 Å². The fourth-order valence-corrected chi connectivity index (χ4v) is 4.88. The largest absolute Gasteiger partial charge is 0.481 e. The van der Waals surface area contributed by atoms with Crippen LogP contribution in [0.3, 0.4) is 0 Å². The third-order valence-corrected chi connectivity index (χ3v) is 6.82. The zero-order valence-electron chi connectivity index (χ0n) is 17.7. The number of carboxylic acids is 1. The van der Waals surface area contributed by atoms with Gasteiger partial charge < -0.3 is 19.5 Å². The molecule has 2 aliphatic heterocycles. The summed E-state index contributed by atoms with van der Waals surface area (Å²) in [5.41, 5.74) is -0.471. The Morgan fingerprint density at radius 1 is 1.18 bits per heavy atom.